The van der Waals surface area contributed by atoms with E-state index in [4.69, 9.17) is 0 Å². The molecule has 132 valence electrons. The number of aromatic amines is 1. The van der Waals surface area contributed by atoms with Crippen molar-refractivity contribution in [1.82, 2.24) is 9.97 Å². The summed E-state index contributed by atoms with van der Waals surface area (Å²) < 4.78 is 51.2. The Morgan fingerprint density at radius 1 is 1.32 bits per heavy atom. The van der Waals surface area contributed by atoms with Crippen LogP contribution in [0.25, 0.3) is 21.9 Å². The van der Waals surface area contributed by atoms with Crippen molar-refractivity contribution in [2.45, 2.75) is 11.3 Å². The molecular weight excluding hydrogens is 430 g/mol. The molecule has 1 fully saturated rings. The van der Waals surface area contributed by atoms with Crippen LogP contribution >= 0.6 is 15.9 Å². The number of fused-ring (bicyclic) bond motifs is 3. The molecule has 25 heavy (non-hydrogen) atoms. The van der Waals surface area contributed by atoms with Gasteiger partial charge in [-0.15, -0.1) is 0 Å². The zero-order valence-electron chi connectivity index (χ0n) is 13.2. The zero-order valence-corrected chi connectivity index (χ0v) is 16.4. The van der Waals surface area contributed by atoms with Gasteiger partial charge in [0.05, 0.1) is 38.3 Å². The lowest BCUT2D eigenvalue weighted by Crippen LogP contribution is -2.25. The van der Waals surface area contributed by atoms with Crippen molar-refractivity contribution < 1.29 is 16.8 Å². The quantitative estimate of drug-likeness (QED) is 0.655. The van der Waals surface area contributed by atoms with Gasteiger partial charge in [0.15, 0.2) is 9.84 Å². The molecule has 1 aliphatic heterocycles. The number of nitrogens with one attached hydrogen (secondary N) is 1. The van der Waals surface area contributed by atoms with Crippen LogP contribution in [0.4, 0.5) is 5.69 Å². The van der Waals surface area contributed by atoms with Crippen molar-refractivity contribution in [1.29, 1.82) is 0 Å². The smallest absolute Gasteiger partial charge is 0.235 e. The maximum atomic E-state index is 12.4. The number of sulfonamides is 1. The van der Waals surface area contributed by atoms with Crippen LogP contribution in [0.15, 0.2) is 33.8 Å². The van der Waals surface area contributed by atoms with Gasteiger partial charge in [-0.2, -0.15) is 0 Å². The molecule has 2 aromatic heterocycles. The van der Waals surface area contributed by atoms with Gasteiger partial charge in [-0.25, -0.2) is 16.8 Å². The van der Waals surface area contributed by atoms with E-state index >= 15 is 0 Å². The van der Waals surface area contributed by atoms with Gasteiger partial charge in [-0.3, -0.25) is 9.29 Å². The van der Waals surface area contributed by atoms with Crippen LogP contribution in [-0.4, -0.2) is 45.4 Å². The Kier molecular flexibility index (Phi) is 3.64. The number of rotatable bonds is 2. The second-order valence-corrected chi connectivity index (χ2v) is 10.9. The predicted molar refractivity (Wildman–Crippen MR) is 100 cm³/mol. The largest absolute Gasteiger partial charge is 0.352 e. The Bertz CT molecular complexity index is 1230. The van der Waals surface area contributed by atoms with Gasteiger partial charge < -0.3 is 4.98 Å². The van der Waals surface area contributed by atoms with Crippen LogP contribution in [0, 0.1) is 0 Å². The molecule has 1 aromatic carbocycles. The third kappa shape index (κ3) is 2.63. The Morgan fingerprint density at radius 3 is 2.72 bits per heavy atom. The van der Waals surface area contributed by atoms with Crippen LogP contribution in [0.5, 0.6) is 0 Å². The first kappa shape index (κ1) is 16.8. The fourth-order valence-corrected chi connectivity index (χ4v) is 5.98. The highest BCUT2D eigenvalue weighted by atomic mass is 79.9. The summed E-state index contributed by atoms with van der Waals surface area (Å²) in [6.45, 7) is 0.374. The van der Waals surface area contributed by atoms with Gasteiger partial charge >= 0.3 is 0 Å². The van der Waals surface area contributed by atoms with Gasteiger partial charge in [-0.1, -0.05) is 0 Å². The van der Waals surface area contributed by atoms with E-state index in [0.717, 1.165) is 10.7 Å². The molecule has 4 rings (SSSR count). The van der Waals surface area contributed by atoms with Gasteiger partial charge in [0.1, 0.15) is 0 Å². The Morgan fingerprint density at radius 2 is 2.08 bits per heavy atom. The molecule has 1 N–H and O–H groups in total. The highest BCUT2D eigenvalue weighted by molar-refractivity contribution is 9.10. The van der Waals surface area contributed by atoms with Crippen molar-refractivity contribution in [3.8, 4) is 0 Å². The number of H-pyrrole nitrogens is 1. The van der Waals surface area contributed by atoms with Crippen LogP contribution < -0.4 is 4.31 Å². The minimum Gasteiger partial charge on any atom is -0.352 e. The number of aromatic nitrogens is 2. The van der Waals surface area contributed by atoms with Crippen LogP contribution in [-0.2, 0) is 19.9 Å². The van der Waals surface area contributed by atoms with E-state index in [1.807, 2.05) is 0 Å². The molecule has 0 aliphatic carbocycles. The van der Waals surface area contributed by atoms with E-state index in [0.29, 0.717) is 40.6 Å². The van der Waals surface area contributed by atoms with Crippen LogP contribution in [0.3, 0.4) is 0 Å². The number of hydrogen-bond donors (Lipinski definition) is 1. The standard InChI is InChI=1S/C15H14BrN3O4S2/c1-24(20,21)12-4-3-11(19-5-2-6-25(19,22)23)13-14-10(18-15(12)13)7-9(16)8-17-14/h3-4,7-8,18H,2,5-6H2,1H3. The predicted octanol–water partition coefficient (Wildman–Crippen LogP) is 2.42. The molecule has 0 atom stereocenters. The molecule has 0 bridgehead atoms. The maximum absolute atomic E-state index is 12.4. The SMILES string of the molecule is CS(=O)(=O)c1ccc(N2CCCS2(=O)=O)c2c1[nH]c1cc(Br)cnc12. The molecule has 10 heteroatoms. The van der Waals surface area contributed by atoms with E-state index in [-0.39, 0.29) is 10.6 Å². The Balaban J connectivity index is 2.17. The Labute approximate surface area is 153 Å². The normalized spacial score (nSPS) is 17.6. The van der Waals surface area contributed by atoms with Gasteiger partial charge in [-0.05, 0) is 40.5 Å². The summed E-state index contributed by atoms with van der Waals surface area (Å²) in [7, 11) is -6.90. The second-order valence-electron chi connectivity index (χ2n) is 6.02. The minimum absolute atomic E-state index is 0.0870. The highest BCUT2D eigenvalue weighted by Crippen LogP contribution is 2.39. The molecule has 0 saturated carbocycles. The summed E-state index contributed by atoms with van der Waals surface area (Å²) in [6.07, 6.45) is 3.27. The maximum Gasteiger partial charge on any atom is 0.235 e. The topological polar surface area (TPSA) is 100 Å². The van der Waals surface area contributed by atoms with E-state index in [2.05, 4.69) is 25.9 Å². The third-order valence-electron chi connectivity index (χ3n) is 4.26. The molecule has 3 heterocycles. The fraction of sp³-hybridized carbons (Fsp3) is 0.267. The second kappa shape index (κ2) is 5.42. The summed E-state index contributed by atoms with van der Waals surface area (Å²) in [4.78, 5) is 7.59. The van der Waals surface area contributed by atoms with E-state index < -0.39 is 19.9 Å². The number of hydrogen-bond acceptors (Lipinski definition) is 5. The first-order chi connectivity index (χ1) is 11.7. The molecule has 3 aromatic rings. The van der Waals surface area contributed by atoms with Crippen molar-refractivity contribution in [3.05, 3.63) is 28.9 Å². The molecule has 1 aliphatic rings. The molecule has 0 amide bonds. The lowest BCUT2D eigenvalue weighted by Gasteiger charge is -2.18. The summed E-state index contributed by atoms with van der Waals surface area (Å²) in [5, 5.41) is 0.510. The van der Waals surface area contributed by atoms with Gasteiger partial charge in [0.2, 0.25) is 10.0 Å². The van der Waals surface area contributed by atoms with Crippen molar-refractivity contribution in [2.24, 2.45) is 0 Å². The minimum atomic E-state index is -3.49. The van der Waals surface area contributed by atoms with Crippen molar-refractivity contribution in [2.75, 3.05) is 22.9 Å². The average Bonchev–Trinajstić information content (AvgIpc) is 3.04. The molecule has 7 nitrogen and oxygen atoms in total. The monoisotopic (exact) mass is 443 g/mol. The number of benzene rings is 1. The molecule has 0 radical (unpaired) electrons. The van der Waals surface area contributed by atoms with Gasteiger partial charge in [0.25, 0.3) is 0 Å². The van der Waals surface area contributed by atoms with E-state index in [1.165, 1.54) is 10.4 Å². The summed E-state index contributed by atoms with van der Waals surface area (Å²) in [5.74, 6) is 0.0870. The lowest BCUT2D eigenvalue weighted by atomic mass is 10.2. The summed E-state index contributed by atoms with van der Waals surface area (Å²) >= 11 is 3.34. The zero-order chi connectivity index (χ0) is 18.0. The molecule has 1 saturated heterocycles. The molecule has 0 spiro atoms. The lowest BCUT2D eigenvalue weighted by molar-refractivity contribution is 0.599. The Hall–Kier alpha value is -1.65. The average molecular weight is 444 g/mol. The third-order valence-corrected chi connectivity index (χ3v) is 7.69. The number of anilines is 1. The number of pyridine rings is 1. The first-order valence-corrected chi connectivity index (χ1v) is 11.8. The molecular formula is C15H14BrN3O4S2. The van der Waals surface area contributed by atoms with E-state index in [9.17, 15) is 16.8 Å². The highest BCUT2D eigenvalue weighted by Gasteiger charge is 2.31. The molecule has 0 unspecified atom stereocenters. The van der Waals surface area contributed by atoms with E-state index in [1.54, 1.807) is 18.3 Å². The van der Waals surface area contributed by atoms with Crippen molar-refractivity contribution >= 4 is 63.4 Å². The number of sulfone groups is 1. The van der Waals surface area contributed by atoms with Crippen LogP contribution in [0.2, 0.25) is 0 Å². The fourth-order valence-electron chi connectivity index (χ4n) is 3.23. The summed E-state index contributed by atoms with van der Waals surface area (Å²) in [6, 6.07) is 4.79. The number of halogens is 1. The van der Waals surface area contributed by atoms with Crippen molar-refractivity contribution in [3.63, 3.8) is 0 Å². The van der Waals surface area contributed by atoms with Crippen LogP contribution in [0.1, 0.15) is 6.42 Å². The number of nitrogens with zero attached hydrogens (tertiary/aromatic N) is 2. The van der Waals surface area contributed by atoms with Gasteiger partial charge in [0, 0.05) is 23.5 Å². The first-order valence-electron chi connectivity index (χ1n) is 7.49. The summed E-state index contributed by atoms with van der Waals surface area (Å²) in [5.41, 5.74) is 2.02.